The third-order valence-electron chi connectivity index (χ3n) is 4.93. The summed E-state index contributed by atoms with van der Waals surface area (Å²) in [6, 6.07) is 0.391. The molecule has 0 aliphatic heterocycles. The first-order chi connectivity index (χ1) is 12.1. The van der Waals surface area contributed by atoms with E-state index in [0.717, 1.165) is 40.6 Å². The van der Waals surface area contributed by atoms with Crippen LogP contribution in [0.15, 0.2) is 24.8 Å². The Morgan fingerprint density at radius 1 is 1.16 bits per heavy atom. The average molecular weight is 337 g/mol. The fourth-order valence-corrected chi connectivity index (χ4v) is 3.59. The molecule has 1 aliphatic rings. The largest absolute Gasteiger partial charge is 0.350 e. The smallest absolute Gasteiger partial charge is 0.223 e. The number of nitrogens with two attached hydrogens (primary N) is 1. The number of aromatic nitrogens is 5. The summed E-state index contributed by atoms with van der Waals surface area (Å²) in [6.07, 6.45) is 12.0. The minimum absolute atomic E-state index is 0.158. The van der Waals surface area contributed by atoms with Gasteiger partial charge in [0, 0.05) is 60.4 Å². The zero-order valence-electron chi connectivity index (χ0n) is 14.6. The lowest BCUT2D eigenvalue weighted by atomic mass is 9.91. The van der Waals surface area contributed by atoms with E-state index in [2.05, 4.69) is 20.4 Å². The fourth-order valence-electron chi connectivity index (χ4n) is 3.59. The summed E-state index contributed by atoms with van der Waals surface area (Å²) in [4.78, 5) is 13.6. The number of fused-ring (bicyclic) bond motifs is 1. The van der Waals surface area contributed by atoms with Gasteiger partial charge in [0.25, 0.3) is 0 Å². The summed E-state index contributed by atoms with van der Waals surface area (Å²) in [6.45, 7) is 2.00. The first-order valence-corrected chi connectivity index (χ1v) is 8.75. The van der Waals surface area contributed by atoms with Crippen LogP contribution in [0.5, 0.6) is 0 Å². The van der Waals surface area contributed by atoms with Crippen LogP contribution in [0.2, 0.25) is 0 Å². The standard InChI is InChI=1S/C18H23N7/c1-11-14(10-25(2)24-11)13-9-20-7-12-8-21-18(23-17(12)13)22-16-6-4-3-5-15(16)19/h7-10,15-16H,3-6,19H2,1-2H3,(H,21,22,23)/t15-,16+/m1/s1. The van der Waals surface area contributed by atoms with E-state index in [4.69, 9.17) is 10.7 Å². The van der Waals surface area contributed by atoms with Crippen molar-refractivity contribution in [1.29, 1.82) is 0 Å². The van der Waals surface area contributed by atoms with E-state index in [-0.39, 0.29) is 12.1 Å². The van der Waals surface area contributed by atoms with Crippen LogP contribution in [0.25, 0.3) is 22.0 Å². The average Bonchev–Trinajstić information content (AvgIpc) is 2.94. The first kappa shape index (κ1) is 16.0. The molecule has 0 spiro atoms. The highest BCUT2D eigenvalue weighted by Crippen LogP contribution is 2.29. The van der Waals surface area contributed by atoms with Gasteiger partial charge in [-0.3, -0.25) is 9.67 Å². The number of nitrogens with zero attached hydrogens (tertiary/aromatic N) is 5. The maximum Gasteiger partial charge on any atom is 0.223 e. The van der Waals surface area contributed by atoms with Gasteiger partial charge < -0.3 is 11.1 Å². The minimum Gasteiger partial charge on any atom is -0.350 e. The van der Waals surface area contributed by atoms with Crippen LogP contribution in [0, 0.1) is 6.92 Å². The Bertz CT molecular complexity index is 902. The van der Waals surface area contributed by atoms with Gasteiger partial charge in [-0.15, -0.1) is 0 Å². The van der Waals surface area contributed by atoms with Gasteiger partial charge in [0.2, 0.25) is 5.95 Å². The Kier molecular flexibility index (Phi) is 4.09. The van der Waals surface area contributed by atoms with Gasteiger partial charge in [-0.1, -0.05) is 12.8 Å². The number of hydrogen-bond donors (Lipinski definition) is 2. The molecule has 3 N–H and O–H groups in total. The van der Waals surface area contributed by atoms with Crippen LogP contribution < -0.4 is 11.1 Å². The van der Waals surface area contributed by atoms with Crippen LogP contribution in [-0.4, -0.2) is 36.8 Å². The van der Waals surface area contributed by atoms with E-state index in [1.807, 2.05) is 37.2 Å². The zero-order chi connectivity index (χ0) is 17.4. The lowest BCUT2D eigenvalue weighted by Gasteiger charge is -2.29. The molecule has 3 heterocycles. The highest BCUT2D eigenvalue weighted by atomic mass is 15.2. The minimum atomic E-state index is 0.158. The molecule has 130 valence electrons. The molecule has 0 radical (unpaired) electrons. The summed E-state index contributed by atoms with van der Waals surface area (Å²) in [7, 11) is 1.92. The number of nitrogens with one attached hydrogen (secondary N) is 1. The van der Waals surface area contributed by atoms with Crippen LogP contribution in [0.4, 0.5) is 5.95 Å². The summed E-state index contributed by atoms with van der Waals surface area (Å²) < 4.78 is 1.81. The lowest BCUT2D eigenvalue weighted by Crippen LogP contribution is -2.42. The predicted molar refractivity (Wildman–Crippen MR) is 98.1 cm³/mol. The lowest BCUT2D eigenvalue weighted by molar-refractivity contribution is 0.402. The molecule has 2 atom stereocenters. The van der Waals surface area contributed by atoms with E-state index < -0.39 is 0 Å². The second-order valence-corrected chi connectivity index (χ2v) is 6.82. The Morgan fingerprint density at radius 2 is 2.00 bits per heavy atom. The van der Waals surface area contributed by atoms with Crippen LogP contribution in [0.3, 0.4) is 0 Å². The molecular formula is C18H23N7. The molecule has 1 fully saturated rings. The summed E-state index contributed by atoms with van der Waals surface area (Å²) in [5.41, 5.74) is 10.1. The van der Waals surface area contributed by atoms with Crippen molar-refractivity contribution in [2.75, 3.05) is 5.32 Å². The summed E-state index contributed by atoms with van der Waals surface area (Å²) in [5, 5.41) is 8.78. The van der Waals surface area contributed by atoms with Gasteiger partial charge in [0.1, 0.15) is 0 Å². The van der Waals surface area contributed by atoms with Gasteiger partial charge in [0.15, 0.2) is 0 Å². The molecule has 3 aromatic heterocycles. The molecule has 0 bridgehead atoms. The number of pyridine rings is 1. The van der Waals surface area contributed by atoms with Crippen LogP contribution in [0.1, 0.15) is 31.4 Å². The molecule has 7 nitrogen and oxygen atoms in total. The van der Waals surface area contributed by atoms with Gasteiger partial charge >= 0.3 is 0 Å². The molecule has 25 heavy (non-hydrogen) atoms. The van der Waals surface area contributed by atoms with Crippen molar-refractivity contribution < 1.29 is 0 Å². The van der Waals surface area contributed by atoms with Crippen molar-refractivity contribution in [2.24, 2.45) is 12.8 Å². The third kappa shape index (κ3) is 3.07. The Morgan fingerprint density at radius 3 is 2.76 bits per heavy atom. The molecule has 3 aromatic rings. The van der Waals surface area contributed by atoms with Gasteiger partial charge in [-0.2, -0.15) is 5.10 Å². The maximum absolute atomic E-state index is 6.24. The van der Waals surface area contributed by atoms with E-state index in [0.29, 0.717) is 5.95 Å². The number of anilines is 1. The molecule has 1 aliphatic carbocycles. The molecule has 0 saturated heterocycles. The number of hydrogen-bond acceptors (Lipinski definition) is 6. The molecule has 1 saturated carbocycles. The van der Waals surface area contributed by atoms with Gasteiger partial charge in [-0.05, 0) is 19.8 Å². The van der Waals surface area contributed by atoms with E-state index >= 15 is 0 Å². The second-order valence-electron chi connectivity index (χ2n) is 6.82. The van der Waals surface area contributed by atoms with E-state index in [1.54, 1.807) is 6.20 Å². The fraction of sp³-hybridized carbons (Fsp3) is 0.444. The highest BCUT2D eigenvalue weighted by molar-refractivity contribution is 5.93. The molecule has 0 unspecified atom stereocenters. The van der Waals surface area contributed by atoms with Crippen molar-refractivity contribution >= 4 is 16.9 Å². The quantitative estimate of drug-likeness (QED) is 0.762. The highest BCUT2D eigenvalue weighted by Gasteiger charge is 2.22. The van der Waals surface area contributed by atoms with E-state index in [9.17, 15) is 0 Å². The zero-order valence-corrected chi connectivity index (χ0v) is 14.6. The van der Waals surface area contributed by atoms with Crippen molar-refractivity contribution in [3.05, 3.63) is 30.5 Å². The topological polar surface area (TPSA) is 94.5 Å². The van der Waals surface area contributed by atoms with E-state index in [1.165, 1.54) is 12.8 Å². The summed E-state index contributed by atoms with van der Waals surface area (Å²) >= 11 is 0. The molecule has 4 rings (SSSR count). The SMILES string of the molecule is Cc1nn(C)cc1-c1cncc2cnc(N[C@H]3CCCC[C@H]3N)nc12. The Balaban J connectivity index is 1.74. The predicted octanol–water partition coefficient (Wildman–Crippen LogP) is 2.42. The molecular weight excluding hydrogens is 314 g/mol. The van der Waals surface area contributed by atoms with Crippen molar-refractivity contribution in [3.63, 3.8) is 0 Å². The first-order valence-electron chi connectivity index (χ1n) is 8.75. The number of aryl methyl sites for hydroxylation is 2. The van der Waals surface area contributed by atoms with Crippen LogP contribution >= 0.6 is 0 Å². The van der Waals surface area contributed by atoms with Crippen molar-refractivity contribution in [3.8, 4) is 11.1 Å². The molecule has 0 amide bonds. The van der Waals surface area contributed by atoms with Crippen LogP contribution in [-0.2, 0) is 7.05 Å². The Hall–Kier alpha value is -2.54. The number of rotatable bonds is 3. The van der Waals surface area contributed by atoms with Gasteiger partial charge in [0.05, 0.1) is 11.2 Å². The normalized spacial score (nSPS) is 20.8. The third-order valence-corrected chi connectivity index (χ3v) is 4.93. The second kappa shape index (κ2) is 6.40. The Labute approximate surface area is 146 Å². The maximum atomic E-state index is 6.24. The van der Waals surface area contributed by atoms with Crippen molar-refractivity contribution in [2.45, 2.75) is 44.7 Å². The monoisotopic (exact) mass is 337 g/mol. The summed E-state index contributed by atoms with van der Waals surface area (Å²) in [5.74, 6) is 0.629. The van der Waals surface area contributed by atoms with Gasteiger partial charge in [-0.25, -0.2) is 9.97 Å². The molecule has 0 aromatic carbocycles. The molecule has 7 heteroatoms. The van der Waals surface area contributed by atoms with Crippen molar-refractivity contribution in [1.82, 2.24) is 24.7 Å².